The van der Waals surface area contributed by atoms with Crippen molar-refractivity contribution in [2.75, 3.05) is 37.6 Å². The summed E-state index contributed by atoms with van der Waals surface area (Å²) < 4.78 is 5.67. The number of rotatable bonds is 6. The maximum absolute atomic E-state index is 10.4. The lowest BCUT2D eigenvalue weighted by Gasteiger charge is -2.31. The summed E-state index contributed by atoms with van der Waals surface area (Å²) >= 11 is 0. The number of benzene rings is 1. The van der Waals surface area contributed by atoms with Gasteiger partial charge in [0.15, 0.2) is 5.88 Å². The van der Waals surface area contributed by atoms with Gasteiger partial charge in [-0.25, -0.2) is 0 Å². The van der Waals surface area contributed by atoms with Crippen LogP contribution < -0.4 is 14.9 Å². The molecule has 1 fully saturated rings. The third kappa shape index (κ3) is 5.09. The third-order valence-corrected chi connectivity index (χ3v) is 4.29. The summed E-state index contributed by atoms with van der Waals surface area (Å²) in [6, 6.07) is 14.0. The summed E-state index contributed by atoms with van der Waals surface area (Å²) in [7, 11) is 0. The average Bonchev–Trinajstić information content (AvgIpc) is 3.10. The van der Waals surface area contributed by atoms with Crippen LogP contribution >= 0.6 is 0 Å². The lowest BCUT2D eigenvalue weighted by molar-refractivity contribution is -0.894. The van der Waals surface area contributed by atoms with Crippen LogP contribution in [0.5, 0.6) is 0 Å². The number of carboxylic acids is 1. The van der Waals surface area contributed by atoms with Crippen molar-refractivity contribution in [3.8, 4) is 0 Å². The molecule has 1 saturated heterocycles. The van der Waals surface area contributed by atoms with Gasteiger partial charge in [-0.05, 0) is 29.9 Å². The van der Waals surface area contributed by atoms with Gasteiger partial charge in [0, 0.05) is 6.07 Å². The van der Waals surface area contributed by atoms with E-state index < -0.39 is 5.97 Å². The molecule has 5 nitrogen and oxygen atoms in total. The molecular formula is C20H22N2O3. The van der Waals surface area contributed by atoms with Crippen molar-refractivity contribution in [3.63, 3.8) is 0 Å². The molecule has 0 spiro atoms. The quantitative estimate of drug-likeness (QED) is 0.778. The molecule has 5 heteroatoms. The monoisotopic (exact) mass is 338 g/mol. The Morgan fingerprint density at radius 3 is 2.60 bits per heavy atom. The zero-order chi connectivity index (χ0) is 17.5. The minimum Gasteiger partial charge on any atom is -0.545 e. The molecule has 25 heavy (non-hydrogen) atoms. The minimum atomic E-state index is -1.22. The molecule has 130 valence electrons. The predicted molar refractivity (Wildman–Crippen MR) is 96.0 cm³/mol. The summed E-state index contributed by atoms with van der Waals surface area (Å²) in [5, 5.41) is 10.4. The highest BCUT2D eigenvalue weighted by molar-refractivity contribution is 5.83. The second kappa shape index (κ2) is 8.35. The number of quaternary nitrogens is 1. The van der Waals surface area contributed by atoms with Gasteiger partial charge in [-0.1, -0.05) is 36.4 Å². The van der Waals surface area contributed by atoms with Crippen molar-refractivity contribution >= 4 is 24.0 Å². The topological polar surface area (TPSA) is 60.9 Å². The molecule has 0 bridgehead atoms. The fourth-order valence-electron chi connectivity index (χ4n) is 2.93. The molecule has 0 unspecified atom stereocenters. The van der Waals surface area contributed by atoms with Crippen molar-refractivity contribution in [2.45, 2.75) is 0 Å². The molecule has 1 N–H and O–H groups in total. The molecule has 0 amide bonds. The average molecular weight is 338 g/mol. The Hall–Kier alpha value is -2.79. The number of nitrogens with zero attached hydrogens (tertiary/aromatic N) is 1. The van der Waals surface area contributed by atoms with Crippen LogP contribution in [-0.4, -0.2) is 38.7 Å². The maximum Gasteiger partial charge on any atom is 0.196 e. The van der Waals surface area contributed by atoms with E-state index in [0.29, 0.717) is 5.76 Å². The highest BCUT2D eigenvalue weighted by Gasteiger charge is 2.20. The molecule has 1 aromatic carbocycles. The zero-order valence-electron chi connectivity index (χ0n) is 14.1. The molecule has 1 aromatic heterocycles. The number of hydrogen-bond donors (Lipinski definition) is 1. The van der Waals surface area contributed by atoms with E-state index in [1.54, 1.807) is 11.0 Å². The van der Waals surface area contributed by atoms with E-state index in [1.165, 1.54) is 11.6 Å². The highest BCUT2D eigenvalue weighted by atomic mass is 16.4. The molecule has 0 aliphatic carbocycles. The van der Waals surface area contributed by atoms with Crippen molar-refractivity contribution in [1.82, 2.24) is 0 Å². The standard InChI is InChI=1S/C20H22N2O3/c23-20(24)11-9-18-8-10-19(25-18)22-15-13-21(14-16-22)12-4-7-17-5-2-1-3-6-17/h1-11H,12-16H2,(H,23,24)/b7-4+,11-9+. The lowest BCUT2D eigenvalue weighted by Crippen LogP contribution is -3.14. The second-order valence-electron chi connectivity index (χ2n) is 6.08. The van der Waals surface area contributed by atoms with Crippen molar-refractivity contribution in [1.29, 1.82) is 0 Å². The first-order valence-electron chi connectivity index (χ1n) is 8.50. The van der Waals surface area contributed by atoms with Gasteiger partial charge in [0.25, 0.3) is 0 Å². The van der Waals surface area contributed by atoms with E-state index in [4.69, 9.17) is 4.42 Å². The lowest BCUT2D eigenvalue weighted by atomic mass is 10.2. The van der Waals surface area contributed by atoms with Crippen molar-refractivity contribution in [3.05, 3.63) is 65.9 Å². The van der Waals surface area contributed by atoms with Crippen LogP contribution in [0.2, 0.25) is 0 Å². The van der Waals surface area contributed by atoms with Crippen molar-refractivity contribution < 1.29 is 19.2 Å². The van der Waals surface area contributed by atoms with Gasteiger partial charge in [-0.15, -0.1) is 0 Å². The number of nitrogens with one attached hydrogen (secondary N) is 1. The molecule has 1 aliphatic heterocycles. The van der Waals surface area contributed by atoms with E-state index >= 15 is 0 Å². The fourth-order valence-corrected chi connectivity index (χ4v) is 2.93. The number of carboxylic acid groups (broad SMARTS) is 1. The first kappa shape index (κ1) is 17.0. The van der Waals surface area contributed by atoms with Crippen LogP contribution in [0.1, 0.15) is 11.3 Å². The number of aliphatic carboxylic acids is 1. The largest absolute Gasteiger partial charge is 0.545 e. The Morgan fingerprint density at radius 2 is 1.88 bits per heavy atom. The molecule has 3 rings (SSSR count). The third-order valence-electron chi connectivity index (χ3n) is 4.29. The van der Waals surface area contributed by atoms with E-state index in [9.17, 15) is 9.90 Å². The van der Waals surface area contributed by atoms with Crippen LogP contribution in [0, 0.1) is 0 Å². The SMILES string of the molecule is O=C([O-])/C=C/c1ccc(N2CC[NH+](C/C=C/c3ccccc3)CC2)o1. The zero-order valence-corrected chi connectivity index (χ0v) is 14.1. The first-order chi connectivity index (χ1) is 12.2. The van der Waals surface area contributed by atoms with Crippen LogP contribution in [-0.2, 0) is 4.79 Å². The fraction of sp³-hybridized carbons (Fsp3) is 0.250. The van der Waals surface area contributed by atoms with Gasteiger partial charge < -0.3 is 24.1 Å². The minimum absolute atomic E-state index is 0.528. The number of furan rings is 1. The van der Waals surface area contributed by atoms with Gasteiger partial charge in [0.2, 0.25) is 0 Å². The summed E-state index contributed by atoms with van der Waals surface area (Å²) in [6.45, 7) is 4.95. The predicted octanol–water partition coefficient (Wildman–Crippen LogP) is 0.461. The molecule has 0 atom stereocenters. The van der Waals surface area contributed by atoms with E-state index in [1.807, 2.05) is 24.3 Å². The summed E-state index contributed by atoms with van der Waals surface area (Å²) in [6.07, 6.45) is 6.79. The van der Waals surface area contributed by atoms with Crippen molar-refractivity contribution in [2.24, 2.45) is 0 Å². The number of anilines is 1. The number of piperazine rings is 1. The molecule has 2 aromatic rings. The summed E-state index contributed by atoms with van der Waals surface area (Å²) in [4.78, 5) is 14.2. The number of hydrogen-bond acceptors (Lipinski definition) is 4. The van der Waals surface area contributed by atoms with Gasteiger partial charge >= 0.3 is 0 Å². The van der Waals surface area contributed by atoms with E-state index in [2.05, 4.69) is 29.2 Å². The molecule has 1 aliphatic rings. The van der Waals surface area contributed by atoms with E-state index in [-0.39, 0.29) is 0 Å². The Bertz CT molecular complexity index is 741. The maximum atomic E-state index is 10.4. The smallest absolute Gasteiger partial charge is 0.196 e. The summed E-state index contributed by atoms with van der Waals surface area (Å²) in [5.41, 5.74) is 1.23. The van der Waals surface area contributed by atoms with Crippen LogP contribution in [0.25, 0.3) is 12.2 Å². The summed E-state index contributed by atoms with van der Waals surface area (Å²) in [5.74, 6) is 0.0929. The van der Waals surface area contributed by atoms with Gasteiger partial charge in [0.05, 0.1) is 38.7 Å². The van der Waals surface area contributed by atoms with Gasteiger partial charge in [-0.3, -0.25) is 0 Å². The number of carbonyl (C=O) groups excluding carboxylic acids is 1. The molecule has 0 saturated carbocycles. The molecule has 0 radical (unpaired) electrons. The van der Waals surface area contributed by atoms with Crippen LogP contribution in [0.4, 0.5) is 5.88 Å². The van der Waals surface area contributed by atoms with E-state index in [0.717, 1.165) is 44.7 Å². The second-order valence-corrected chi connectivity index (χ2v) is 6.08. The Labute approximate surface area is 147 Å². The first-order valence-corrected chi connectivity index (χ1v) is 8.50. The Kier molecular flexibility index (Phi) is 5.69. The molecule has 2 heterocycles. The number of carbonyl (C=O) groups is 1. The van der Waals surface area contributed by atoms with Crippen LogP contribution in [0.15, 0.2) is 59.0 Å². The molecular weight excluding hydrogens is 316 g/mol. The van der Waals surface area contributed by atoms with Crippen LogP contribution in [0.3, 0.4) is 0 Å². The normalized spacial score (nSPS) is 16.1. The van der Waals surface area contributed by atoms with Gasteiger partial charge in [-0.2, -0.15) is 0 Å². The Balaban J connectivity index is 1.47. The highest BCUT2D eigenvalue weighted by Crippen LogP contribution is 2.19. The Morgan fingerprint density at radius 1 is 1.12 bits per heavy atom. The van der Waals surface area contributed by atoms with Gasteiger partial charge in [0.1, 0.15) is 5.76 Å².